The van der Waals surface area contributed by atoms with Crippen LogP contribution in [-0.2, 0) is 4.79 Å². The van der Waals surface area contributed by atoms with Crippen LogP contribution in [0, 0.1) is 0 Å². The molecule has 1 unspecified atom stereocenters. The molecule has 0 aromatic heterocycles. The molecule has 0 aromatic rings. The van der Waals surface area contributed by atoms with E-state index in [1.807, 2.05) is 0 Å². The van der Waals surface area contributed by atoms with Gasteiger partial charge in [0, 0.05) is 0 Å². The molecular weight excluding hydrogens is 139 g/mol. The fourth-order valence-corrected chi connectivity index (χ4v) is 0.518. The molecule has 0 bridgehead atoms. The van der Waals surface area contributed by atoms with Gasteiger partial charge in [-0.05, 0) is 19.8 Å². The van der Waals surface area contributed by atoms with E-state index in [2.05, 4.69) is 0 Å². The number of halogens is 1. The number of alkyl halides is 1. The Kier molecular flexibility index (Phi) is 3.28. The van der Waals surface area contributed by atoms with Gasteiger partial charge >= 0.3 is 5.97 Å². The maximum atomic E-state index is 11.5. The Balaban J connectivity index is 3.75. The Morgan fingerprint density at radius 2 is 2.20 bits per heavy atom. The van der Waals surface area contributed by atoms with Crippen molar-refractivity contribution >= 4 is 5.97 Å². The lowest BCUT2D eigenvalue weighted by Gasteiger charge is -2.15. The van der Waals surface area contributed by atoms with Crippen molar-refractivity contribution in [1.29, 1.82) is 0 Å². The van der Waals surface area contributed by atoms with Crippen molar-refractivity contribution in [2.75, 3.05) is 6.67 Å². The third kappa shape index (κ3) is 2.77. The van der Waals surface area contributed by atoms with E-state index < -0.39 is 18.2 Å². The fourth-order valence-electron chi connectivity index (χ4n) is 0.518. The van der Waals surface area contributed by atoms with E-state index >= 15 is 0 Å². The molecule has 0 fully saturated rings. The second-order valence-corrected chi connectivity index (χ2v) is 2.37. The second kappa shape index (κ2) is 3.51. The van der Waals surface area contributed by atoms with Gasteiger partial charge in [0.1, 0.15) is 0 Å². The zero-order chi connectivity index (χ0) is 8.20. The standard InChI is InChI=1S/C6H11FO3/c1-6(10,5(8)9)3-2-4-7/h10H,2-4H2,1H3,(H,8,9). The van der Waals surface area contributed by atoms with Crippen LogP contribution in [0.2, 0.25) is 0 Å². The summed E-state index contributed by atoms with van der Waals surface area (Å²) >= 11 is 0. The number of rotatable bonds is 4. The van der Waals surface area contributed by atoms with Crippen molar-refractivity contribution in [1.82, 2.24) is 0 Å². The maximum Gasteiger partial charge on any atom is 0.335 e. The zero-order valence-electron chi connectivity index (χ0n) is 5.80. The minimum Gasteiger partial charge on any atom is -0.479 e. The molecule has 60 valence electrons. The van der Waals surface area contributed by atoms with E-state index in [9.17, 15) is 9.18 Å². The van der Waals surface area contributed by atoms with Crippen LogP contribution in [-0.4, -0.2) is 28.5 Å². The summed E-state index contributed by atoms with van der Waals surface area (Å²) in [6.45, 7) is 0.564. The van der Waals surface area contributed by atoms with E-state index in [1.165, 1.54) is 0 Å². The van der Waals surface area contributed by atoms with Crippen molar-refractivity contribution in [3.8, 4) is 0 Å². The molecule has 0 rings (SSSR count). The summed E-state index contributed by atoms with van der Waals surface area (Å²) in [5.41, 5.74) is -1.77. The van der Waals surface area contributed by atoms with Crippen molar-refractivity contribution < 1.29 is 19.4 Å². The molecule has 0 aliphatic rings. The molecule has 4 heteroatoms. The van der Waals surface area contributed by atoms with E-state index in [0.717, 1.165) is 6.92 Å². The lowest BCUT2D eigenvalue weighted by atomic mass is 10.0. The molecular formula is C6H11FO3. The van der Waals surface area contributed by atoms with Gasteiger partial charge in [-0.3, -0.25) is 4.39 Å². The van der Waals surface area contributed by atoms with Gasteiger partial charge in [-0.15, -0.1) is 0 Å². The molecule has 2 N–H and O–H groups in total. The monoisotopic (exact) mass is 150 g/mol. The van der Waals surface area contributed by atoms with Crippen LogP contribution in [0.25, 0.3) is 0 Å². The molecule has 0 heterocycles. The van der Waals surface area contributed by atoms with E-state index in [4.69, 9.17) is 10.2 Å². The maximum absolute atomic E-state index is 11.5. The highest BCUT2D eigenvalue weighted by atomic mass is 19.1. The van der Waals surface area contributed by atoms with Crippen LogP contribution in [0.15, 0.2) is 0 Å². The molecule has 0 spiro atoms. The Bertz CT molecular complexity index is 122. The number of aliphatic hydroxyl groups is 1. The summed E-state index contributed by atoms with van der Waals surface area (Å²) in [6, 6.07) is 0. The highest BCUT2D eigenvalue weighted by molar-refractivity contribution is 5.76. The van der Waals surface area contributed by atoms with Crippen molar-refractivity contribution in [2.45, 2.75) is 25.4 Å². The summed E-state index contributed by atoms with van der Waals surface area (Å²) in [4.78, 5) is 10.2. The molecule has 0 amide bonds. The average molecular weight is 150 g/mol. The molecule has 0 saturated carbocycles. The van der Waals surface area contributed by atoms with Crippen LogP contribution in [0.5, 0.6) is 0 Å². The molecule has 0 aliphatic carbocycles. The molecule has 10 heavy (non-hydrogen) atoms. The molecule has 0 aliphatic heterocycles. The zero-order valence-corrected chi connectivity index (χ0v) is 5.80. The third-order valence-electron chi connectivity index (χ3n) is 1.26. The third-order valence-corrected chi connectivity index (χ3v) is 1.26. The summed E-state index contributed by atoms with van der Waals surface area (Å²) < 4.78 is 11.5. The first-order valence-corrected chi connectivity index (χ1v) is 3.02. The first-order valence-electron chi connectivity index (χ1n) is 3.02. The van der Waals surface area contributed by atoms with E-state index in [1.54, 1.807) is 0 Å². The minimum absolute atomic E-state index is 0.0428. The highest BCUT2D eigenvalue weighted by Crippen LogP contribution is 2.11. The fraction of sp³-hybridized carbons (Fsp3) is 0.833. The van der Waals surface area contributed by atoms with Gasteiger partial charge < -0.3 is 10.2 Å². The van der Waals surface area contributed by atoms with Crippen LogP contribution in [0.3, 0.4) is 0 Å². The van der Waals surface area contributed by atoms with Crippen LogP contribution < -0.4 is 0 Å². The highest BCUT2D eigenvalue weighted by Gasteiger charge is 2.28. The molecule has 0 radical (unpaired) electrons. The quantitative estimate of drug-likeness (QED) is 0.616. The largest absolute Gasteiger partial charge is 0.479 e. The Hall–Kier alpha value is -0.640. The lowest BCUT2D eigenvalue weighted by Crippen LogP contribution is -2.34. The van der Waals surface area contributed by atoms with Gasteiger partial charge in [0.05, 0.1) is 6.67 Å². The molecule has 1 atom stereocenters. The SMILES string of the molecule is CC(O)(CCCF)C(=O)O. The van der Waals surface area contributed by atoms with E-state index in [-0.39, 0.29) is 12.8 Å². The minimum atomic E-state index is -1.77. The Labute approximate surface area is 58.5 Å². The predicted octanol–water partition coefficient (Wildman–Crippen LogP) is 0.572. The average Bonchev–Trinajstić information content (AvgIpc) is 1.84. The number of aliphatic carboxylic acids is 1. The summed E-state index contributed by atoms with van der Waals surface area (Å²) in [7, 11) is 0. The summed E-state index contributed by atoms with van der Waals surface area (Å²) in [5, 5.41) is 17.3. The van der Waals surface area contributed by atoms with Gasteiger partial charge in [0.2, 0.25) is 0 Å². The van der Waals surface area contributed by atoms with Gasteiger partial charge in [-0.1, -0.05) is 0 Å². The smallest absolute Gasteiger partial charge is 0.335 e. The normalized spacial score (nSPS) is 16.3. The van der Waals surface area contributed by atoms with Gasteiger partial charge in [0.15, 0.2) is 5.60 Å². The molecule has 0 saturated heterocycles. The number of hydrogen-bond acceptors (Lipinski definition) is 2. The van der Waals surface area contributed by atoms with Crippen LogP contribution >= 0.6 is 0 Å². The summed E-state index contributed by atoms with van der Waals surface area (Å²) in [6.07, 6.45) is 0.0398. The topological polar surface area (TPSA) is 57.5 Å². The van der Waals surface area contributed by atoms with Crippen molar-refractivity contribution in [3.63, 3.8) is 0 Å². The van der Waals surface area contributed by atoms with Crippen LogP contribution in [0.1, 0.15) is 19.8 Å². The molecule has 3 nitrogen and oxygen atoms in total. The number of carbonyl (C=O) groups is 1. The van der Waals surface area contributed by atoms with Gasteiger partial charge in [-0.25, -0.2) is 4.79 Å². The van der Waals surface area contributed by atoms with Gasteiger partial charge in [0.25, 0.3) is 0 Å². The lowest BCUT2D eigenvalue weighted by molar-refractivity contribution is -0.157. The first-order chi connectivity index (χ1) is 4.50. The number of carboxylic acid groups (broad SMARTS) is 1. The van der Waals surface area contributed by atoms with Gasteiger partial charge in [-0.2, -0.15) is 0 Å². The Morgan fingerprint density at radius 1 is 1.70 bits per heavy atom. The second-order valence-electron chi connectivity index (χ2n) is 2.37. The number of carboxylic acids is 1. The van der Waals surface area contributed by atoms with E-state index in [0.29, 0.717) is 0 Å². The first kappa shape index (κ1) is 9.36. The predicted molar refractivity (Wildman–Crippen MR) is 33.5 cm³/mol. The Morgan fingerprint density at radius 3 is 2.50 bits per heavy atom. The van der Waals surface area contributed by atoms with Crippen molar-refractivity contribution in [3.05, 3.63) is 0 Å². The van der Waals surface area contributed by atoms with Crippen LogP contribution in [0.4, 0.5) is 4.39 Å². The molecule has 0 aromatic carbocycles. The summed E-state index contributed by atoms with van der Waals surface area (Å²) in [5.74, 6) is -1.30. The number of hydrogen-bond donors (Lipinski definition) is 2. The van der Waals surface area contributed by atoms with Crippen molar-refractivity contribution in [2.24, 2.45) is 0 Å².